The first-order valence-electron chi connectivity index (χ1n) is 11.2. The van der Waals surface area contributed by atoms with E-state index < -0.39 is 6.10 Å². The Morgan fingerprint density at radius 3 is 2.67 bits per heavy atom. The lowest BCUT2D eigenvalue weighted by atomic mass is 9.99. The summed E-state index contributed by atoms with van der Waals surface area (Å²) in [6, 6.07) is 18.1. The minimum Gasteiger partial charge on any atom is -0.479 e. The van der Waals surface area contributed by atoms with E-state index in [1.165, 1.54) is 5.69 Å². The molecule has 1 atom stereocenters. The Kier molecular flexibility index (Phi) is 4.95. The first-order valence-corrected chi connectivity index (χ1v) is 11.6. The molecule has 2 aliphatic rings. The number of aromatic nitrogens is 2. The molecule has 4 aromatic rings. The minimum atomic E-state index is -0.524. The SMILES string of the molecule is O=C(C1Cc2cc(Cl)cc(-c3ccnc4[nH]ccc34)c2O1)N1CCN(c2ccccc2)CC1. The zero-order chi connectivity index (χ0) is 22.4. The predicted molar refractivity (Wildman–Crippen MR) is 130 cm³/mol. The molecule has 1 N–H and O–H groups in total. The number of fused-ring (bicyclic) bond motifs is 2. The van der Waals surface area contributed by atoms with Crippen molar-refractivity contribution in [2.75, 3.05) is 31.1 Å². The first kappa shape index (κ1) is 20.1. The Hall–Kier alpha value is -3.51. The van der Waals surface area contributed by atoms with Gasteiger partial charge < -0.3 is 19.5 Å². The number of pyridine rings is 1. The fourth-order valence-corrected chi connectivity index (χ4v) is 5.13. The monoisotopic (exact) mass is 458 g/mol. The number of hydrogen-bond acceptors (Lipinski definition) is 4. The van der Waals surface area contributed by atoms with E-state index in [0.717, 1.165) is 46.6 Å². The Morgan fingerprint density at radius 2 is 1.85 bits per heavy atom. The molecule has 4 heterocycles. The summed E-state index contributed by atoms with van der Waals surface area (Å²) >= 11 is 6.47. The van der Waals surface area contributed by atoms with Gasteiger partial charge in [-0.25, -0.2) is 4.98 Å². The highest BCUT2D eigenvalue weighted by atomic mass is 35.5. The van der Waals surface area contributed by atoms with Gasteiger partial charge in [-0.05, 0) is 42.0 Å². The summed E-state index contributed by atoms with van der Waals surface area (Å²) in [7, 11) is 0. The van der Waals surface area contributed by atoms with E-state index in [0.29, 0.717) is 24.5 Å². The molecule has 6 nitrogen and oxygen atoms in total. The molecule has 2 aromatic carbocycles. The number of amides is 1. The van der Waals surface area contributed by atoms with E-state index in [4.69, 9.17) is 16.3 Å². The van der Waals surface area contributed by atoms with Crippen LogP contribution in [0.25, 0.3) is 22.2 Å². The summed E-state index contributed by atoms with van der Waals surface area (Å²) in [6.45, 7) is 3.00. The van der Waals surface area contributed by atoms with Gasteiger partial charge >= 0.3 is 0 Å². The molecule has 0 bridgehead atoms. The lowest BCUT2D eigenvalue weighted by Crippen LogP contribution is -2.52. The Morgan fingerprint density at radius 1 is 1.03 bits per heavy atom. The molecule has 2 aromatic heterocycles. The highest BCUT2D eigenvalue weighted by Crippen LogP contribution is 2.43. The van der Waals surface area contributed by atoms with Gasteiger partial charge in [0, 0.05) is 72.2 Å². The van der Waals surface area contributed by atoms with Gasteiger partial charge in [0.1, 0.15) is 11.4 Å². The van der Waals surface area contributed by atoms with Crippen LogP contribution in [0.5, 0.6) is 5.75 Å². The van der Waals surface area contributed by atoms with Crippen molar-refractivity contribution >= 4 is 34.2 Å². The van der Waals surface area contributed by atoms with Crippen molar-refractivity contribution in [2.24, 2.45) is 0 Å². The van der Waals surface area contributed by atoms with E-state index in [-0.39, 0.29) is 5.91 Å². The zero-order valence-corrected chi connectivity index (χ0v) is 18.8. The number of nitrogens with one attached hydrogen (secondary N) is 1. The van der Waals surface area contributed by atoms with E-state index in [9.17, 15) is 4.79 Å². The molecule has 0 radical (unpaired) electrons. The lowest BCUT2D eigenvalue weighted by Gasteiger charge is -2.37. The average molecular weight is 459 g/mol. The number of carbonyl (C=O) groups excluding carboxylic acids is 1. The molecule has 33 heavy (non-hydrogen) atoms. The van der Waals surface area contributed by atoms with Crippen LogP contribution in [0.4, 0.5) is 5.69 Å². The van der Waals surface area contributed by atoms with E-state index in [2.05, 4.69) is 27.0 Å². The summed E-state index contributed by atoms with van der Waals surface area (Å²) in [6.07, 6.45) is 3.64. The van der Waals surface area contributed by atoms with Crippen molar-refractivity contribution in [2.45, 2.75) is 12.5 Å². The quantitative estimate of drug-likeness (QED) is 0.489. The number of rotatable bonds is 3. The Balaban J connectivity index is 1.22. The van der Waals surface area contributed by atoms with Gasteiger partial charge in [0.25, 0.3) is 5.91 Å². The van der Waals surface area contributed by atoms with Gasteiger partial charge in [-0.2, -0.15) is 0 Å². The maximum atomic E-state index is 13.4. The predicted octanol–water partition coefficient (Wildman–Crippen LogP) is 4.54. The molecule has 1 amide bonds. The van der Waals surface area contributed by atoms with Gasteiger partial charge in [-0.3, -0.25) is 4.79 Å². The average Bonchev–Trinajstić information content (AvgIpc) is 3.51. The maximum Gasteiger partial charge on any atom is 0.264 e. The number of para-hydroxylation sites is 1. The molecule has 1 saturated heterocycles. The molecule has 166 valence electrons. The van der Waals surface area contributed by atoms with Crippen molar-refractivity contribution < 1.29 is 9.53 Å². The normalized spacial score (nSPS) is 17.8. The number of piperazine rings is 1. The molecule has 0 aliphatic carbocycles. The molecule has 1 unspecified atom stereocenters. The second-order valence-electron chi connectivity index (χ2n) is 8.50. The minimum absolute atomic E-state index is 0.0440. The molecule has 1 fully saturated rings. The first-order chi connectivity index (χ1) is 16.2. The standard InChI is InChI=1S/C26H23ClN4O2/c27-18-14-17-15-23(26(32)31-12-10-30(11-13-31)19-4-2-1-3-5-19)33-24(17)22(16-18)20-6-8-28-25-21(20)7-9-29-25/h1-9,14,16,23H,10-13,15H2,(H,28,29). The summed E-state index contributed by atoms with van der Waals surface area (Å²) in [4.78, 5) is 25.1. The molecule has 7 heteroatoms. The van der Waals surface area contributed by atoms with Crippen molar-refractivity contribution in [3.8, 4) is 16.9 Å². The van der Waals surface area contributed by atoms with Crippen molar-refractivity contribution in [3.05, 3.63) is 77.6 Å². The molecular formula is C26H23ClN4O2. The number of aromatic amines is 1. The Labute approximate surface area is 196 Å². The number of ether oxygens (including phenoxy) is 1. The molecule has 2 aliphatic heterocycles. The van der Waals surface area contributed by atoms with Crippen LogP contribution in [0.3, 0.4) is 0 Å². The van der Waals surface area contributed by atoms with E-state index >= 15 is 0 Å². The number of nitrogens with zero attached hydrogens (tertiary/aromatic N) is 3. The number of benzene rings is 2. The summed E-state index contributed by atoms with van der Waals surface area (Å²) in [5, 5.41) is 1.63. The highest BCUT2D eigenvalue weighted by molar-refractivity contribution is 6.31. The van der Waals surface area contributed by atoms with Crippen LogP contribution in [0.1, 0.15) is 5.56 Å². The third-order valence-corrected chi connectivity index (χ3v) is 6.75. The van der Waals surface area contributed by atoms with Crippen LogP contribution in [-0.4, -0.2) is 53.1 Å². The van der Waals surface area contributed by atoms with E-state index in [1.54, 1.807) is 6.20 Å². The Bertz CT molecular complexity index is 1330. The number of carbonyl (C=O) groups is 1. The fraction of sp³-hybridized carbons (Fsp3) is 0.231. The van der Waals surface area contributed by atoms with E-state index in [1.807, 2.05) is 53.6 Å². The van der Waals surface area contributed by atoms with Crippen LogP contribution in [0.2, 0.25) is 5.02 Å². The molecule has 6 rings (SSSR count). The van der Waals surface area contributed by atoms with Crippen LogP contribution >= 0.6 is 11.6 Å². The fourth-order valence-electron chi connectivity index (χ4n) is 4.89. The smallest absolute Gasteiger partial charge is 0.264 e. The number of anilines is 1. The summed E-state index contributed by atoms with van der Waals surface area (Å²) in [5.41, 5.74) is 4.86. The van der Waals surface area contributed by atoms with Crippen LogP contribution < -0.4 is 9.64 Å². The number of hydrogen-bond donors (Lipinski definition) is 1. The second kappa shape index (κ2) is 8.12. The number of halogens is 1. The maximum absolute atomic E-state index is 13.4. The topological polar surface area (TPSA) is 61.5 Å². The van der Waals surface area contributed by atoms with Crippen molar-refractivity contribution in [3.63, 3.8) is 0 Å². The van der Waals surface area contributed by atoms with Crippen LogP contribution in [0.15, 0.2) is 67.0 Å². The second-order valence-corrected chi connectivity index (χ2v) is 8.93. The largest absolute Gasteiger partial charge is 0.479 e. The van der Waals surface area contributed by atoms with Gasteiger partial charge in [0.15, 0.2) is 6.10 Å². The van der Waals surface area contributed by atoms with Gasteiger partial charge in [-0.1, -0.05) is 29.8 Å². The van der Waals surface area contributed by atoms with Crippen molar-refractivity contribution in [1.82, 2.24) is 14.9 Å². The van der Waals surface area contributed by atoms with Gasteiger partial charge in [-0.15, -0.1) is 0 Å². The number of H-pyrrole nitrogens is 1. The molecule has 0 saturated carbocycles. The lowest BCUT2D eigenvalue weighted by molar-refractivity contribution is -0.138. The summed E-state index contributed by atoms with van der Waals surface area (Å²) in [5.74, 6) is 0.789. The third kappa shape index (κ3) is 3.60. The highest BCUT2D eigenvalue weighted by Gasteiger charge is 2.35. The van der Waals surface area contributed by atoms with Crippen molar-refractivity contribution in [1.29, 1.82) is 0 Å². The summed E-state index contributed by atoms with van der Waals surface area (Å²) < 4.78 is 6.31. The van der Waals surface area contributed by atoms with Crippen LogP contribution in [-0.2, 0) is 11.2 Å². The molecular weight excluding hydrogens is 436 g/mol. The zero-order valence-electron chi connectivity index (χ0n) is 18.0. The van der Waals surface area contributed by atoms with Crippen LogP contribution in [0, 0.1) is 0 Å². The van der Waals surface area contributed by atoms with Gasteiger partial charge in [0.05, 0.1) is 0 Å². The van der Waals surface area contributed by atoms with Gasteiger partial charge in [0.2, 0.25) is 0 Å². The molecule has 0 spiro atoms. The third-order valence-electron chi connectivity index (χ3n) is 6.53.